The summed E-state index contributed by atoms with van der Waals surface area (Å²) in [5.41, 5.74) is 1.06. The molecule has 0 unspecified atom stereocenters. The van der Waals surface area contributed by atoms with Crippen LogP contribution >= 0.6 is 23.1 Å². The van der Waals surface area contributed by atoms with E-state index in [2.05, 4.69) is 19.7 Å². The molecule has 3 aromatic rings. The van der Waals surface area contributed by atoms with Crippen LogP contribution in [-0.4, -0.2) is 25.7 Å². The van der Waals surface area contributed by atoms with Crippen molar-refractivity contribution in [3.63, 3.8) is 0 Å². The molecule has 2 aromatic heterocycles. The fourth-order valence-electron chi connectivity index (χ4n) is 3.33. The molecule has 2 aliphatic rings. The summed E-state index contributed by atoms with van der Waals surface area (Å²) in [7, 11) is 0. The van der Waals surface area contributed by atoms with Crippen molar-refractivity contribution >= 4 is 39.8 Å². The molecule has 0 radical (unpaired) electrons. The Morgan fingerprint density at radius 1 is 1.28 bits per heavy atom. The normalized spacial score (nSPS) is 16.2. The van der Waals surface area contributed by atoms with E-state index in [1.54, 1.807) is 30.0 Å². The number of hydrogen-bond donors (Lipinski definition) is 0. The van der Waals surface area contributed by atoms with Gasteiger partial charge < -0.3 is 4.57 Å². The predicted molar refractivity (Wildman–Crippen MR) is 111 cm³/mol. The number of halogens is 1. The third kappa shape index (κ3) is 3.81. The van der Waals surface area contributed by atoms with Crippen LogP contribution in [-0.2, 0) is 10.5 Å². The smallest absolute Gasteiger partial charge is 0.230 e. The zero-order valence-electron chi connectivity index (χ0n) is 15.9. The number of amides is 1. The van der Waals surface area contributed by atoms with Gasteiger partial charge in [-0.05, 0) is 37.8 Å². The van der Waals surface area contributed by atoms with Crippen molar-refractivity contribution in [2.24, 2.45) is 0 Å². The summed E-state index contributed by atoms with van der Waals surface area (Å²) in [5, 5.41) is 12.2. The summed E-state index contributed by atoms with van der Waals surface area (Å²) in [6, 6.07) is 6.79. The van der Waals surface area contributed by atoms with Crippen molar-refractivity contribution < 1.29 is 9.18 Å². The first-order valence-electron chi connectivity index (χ1n) is 9.69. The molecule has 0 bridgehead atoms. The average Bonchev–Trinajstić information content (AvgIpc) is 3.63. The first kappa shape index (κ1) is 18.7. The van der Waals surface area contributed by atoms with Gasteiger partial charge in [-0.1, -0.05) is 23.9 Å². The van der Waals surface area contributed by atoms with Gasteiger partial charge in [-0.15, -0.1) is 21.5 Å². The quantitative estimate of drug-likeness (QED) is 0.491. The number of para-hydroxylation sites is 1. The van der Waals surface area contributed by atoms with Crippen LogP contribution in [0.4, 0.5) is 15.2 Å². The summed E-state index contributed by atoms with van der Waals surface area (Å²) in [5.74, 6) is 1.63. The number of carbonyl (C=O) groups is 1. The highest BCUT2D eigenvalue weighted by Gasteiger charge is 2.36. The molecule has 0 spiro atoms. The second kappa shape index (κ2) is 7.53. The van der Waals surface area contributed by atoms with Crippen molar-refractivity contribution in [3.8, 4) is 0 Å². The van der Waals surface area contributed by atoms with Crippen molar-refractivity contribution in [1.29, 1.82) is 0 Å². The first-order valence-corrected chi connectivity index (χ1v) is 11.6. The lowest BCUT2D eigenvalue weighted by atomic mass is 10.3. The lowest BCUT2D eigenvalue weighted by Gasteiger charge is -2.18. The monoisotopic (exact) mass is 429 g/mol. The Kier molecular flexibility index (Phi) is 4.87. The van der Waals surface area contributed by atoms with Crippen LogP contribution in [0.5, 0.6) is 0 Å². The molecule has 2 fully saturated rings. The third-order valence-corrected chi connectivity index (χ3v) is 6.88. The topological polar surface area (TPSA) is 63.9 Å². The largest absolute Gasteiger partial charge is 0.303 e. The van der Waals surface area contributed by atoms with Crippen LogP contribution in [0.15, 0.2) is 34.8 Å². The van der Waals surface area contributed by atoms with Crippen LogP contribution in [0.25, 0.3) is 0 Å². The molecule has 150 valence electrons. The lowest BCUT2D eigenvalue weighted by molar-refractivity contribution is -0.115. The van der Waals surface area contributed by atoms with E-state index in [1.807, 2.05) is 5.38 Å². The van der Waals surface area contributed by atoms with E-state index >= 15 is 0 Å². The molecule has 0 saturated heterocycles. The zero-order chi connectivity index (χ0) is 20.0. The van der Waals surface area contributed by atoms with Gasteiger partial charge in [-0.3, -0.25) is 9.69 Å². The Bertz CT molecular complexity index is 1060. The summed E-state index contributed by atoms with van der Waals surface area (Å²) < 4.78 is 16.5. The van der Waals surface area contributed by atoms with Gasteiger partial charge in [0.2, 0.25) is 5.91 Å². The number of thioether (sulfide) groups is 1. The minimum absolute atomic E-state index is 0.219. The number of carbonyl (C=O) groups excluding carboxylic acids is 1. The molecular weight excluding hydrogens is 409 g/mol. The number of hydrogen-bond acceptors (Lipinski definition) is 6. The van der Waals surface area contributed by atoms with E-state index in [9.17, 15) is 9.18 Å². The maximum Gasteiger partial charge on any atom is 0.230 e. The van der Waals surface area contributed by atoms with Gasteiger partial charge in [-0.2, -0.15) is 0 Å². The molecule has 0 atom stereocenters. The molecule has 0 N–H and O–H groups in total. The predicted octanol–water partition coefficient (Wildman–Crippen LogP) is 5.06. The number of aromatic nitrogens is 4. The molecule has 2 heterocycles. The van der Waals surface area contributed by atoms with Crippen LogP contribution in [0.3, 0.4) is 0 Å². The molecule has 2 saturated carbocycles. The van der Waals surface area contributed by atoms with Gasteiger partial charge in [0.1, 0.15) is 11.6 Å². The fourth-order valence-corrected chi connectivity index (χ4v) is 5.22. The molecule has 5 rings (SSSR count). The van der Waals surface area contributed by atoms with Crippen LogP contribution in [0.2, 0.25) is 0 Å². The Balaban J connectivity index is 1.34. The second-order valence-corrected chi connectivity index (χ2v) is 9.21. The van der Waals surface area contributed by atoms with Gasteiger partial charge in [0.15, 0.2) is 10.3 Å². The van der Waals surface area contributed by atoms with E-state index in [1.165, 1.54) is 54.9 Å². The summed E-state index contributed by atoms with van der Waals surface area (Å²) in [6.07, 6.45) is 4.81. The molecule has 9 heteroatoms. The molecule has 29 heavy (non-hydrogen) atoms. The van der Waals surface area contributed by atoms with Crippen molar-refractivity contribution in [1.82, 2.24) is 19.7 Å². The standard InChI is InChI=1S/C20H20FN5OS2/c1-12(27)25(17-5-3-2-4-16(17)21)19-22-14(10-28-19)11-29-20-24-23-18(13-6-7-13)26(20)15-8-9-15/h2-5,10,13,15H,6-9,11H2,1H3. The number of thiazole rings is 1. The minimum Gasteiger partial charge on any atom is -0.303 e. The number of benzene rings is 1. The molecular formula is C20H20FN5OS2. The Hall–Kier alpha value is -2.26. The van der Waals surface area contributed by atoms with E-state index in [0.717, 1.165) is 16.7 Å². The van der Waals surface area contributed by atoms with Crippen molar-refractivity contribution in [2.75, 3.05) is 4.90 Å². The SMILES string of the molecule is CC(=O)N(c1nc(CSc2nnc(C3CC3)n2C2CC2)cs1)c1ccccc1F. The highest BCUT2D eigenvalue weighted by molar-refractivity contribution is 7.98. The Morgan fingerprint density at radius 2 is 2.07 bits per heavy atom. The van der Waals surface area contributed by atoms with E-state index in [4.69, 9.17) is 0 Å². The van der Waals surface area contributed by atoms with E-state index in [-0.39, 0.29) is 11.6 Å². The number of nitrogens with zero attached hydrogens (tertiary/aromatic N) is 5. The fraction of sp³-hybridized carbons (Fsp3) is 0.400. The maximum absolute atomic E-state index is 14.2. The van der Waals surface area contributed by atoms with E-state index < -0.39 is 5.82 Å². The molecule has 0 aliphatic heterocycles. The average molecular weight is 430 g/mol. The Morgan fingerprint density at radius 3 is 2.76 bits per heavy atom. The van der Waals surface area contributed by atoms with E-state index in [0.29, 0.717) is 22.8 Å². The van der Waals surface area contributed by atoms with Crippen molar-refractivity contribution in [3.05, 3.63) is 47.0 Å². The number of rotatable bonds is 7. The molecule has 6 nitrogen and oxygen atoms in total. The van der Waals surface area contributed by atoms with Gasteiger partial charge in [0.05, 0.1) is 11.4 Å². The third-order valence-electron chi connectivity index (χ3n) is 5.03. The number of anilines is 2. The molecule has 1 aromatic carbocycles. The molecule has 2 aliphatic carbocycles. The first-order chi connectivity index (χ1) is 14.1. The highest BCUT2D eigenvalue weighted by atomic mass is 32.2. The summed E-state index contributed by atoms with van der Waals surface area (Å²) >= 11 is 2.96. The van der Waals surface area contributed by atoms with Crippen LogP contribution < -0.4 is 4.90 Å². The maximum atomic E-state index is 14.2. The summed E-state index contributed by atoms with van der Waals surface area (Å²) in [6.45, 7) is 1.42. The van der Waals surface area contributed by atoms with Gasteiger partial charge in [-0.25, -0.2) is 9.37 Å². The van der Waals surface area contributed by atoms with Gasteiger partial charge in [0, 0.05) is 30.0 Å². The van der Waals surface area contributed by atoms with Crippen LogP contribution in [0.1, 0.15) is 56.1 Å². The van der Waals surface area contributed by atoms with Gasteiger partial charge in [0.25, 0.3) is 0 Å². The zero-order valence-corrected chi connectivity index (χ0v) is 17.5. The highest BCUT2D eigenvalue weighted by Crippen LogP contribution is 2.46. The molecule has 1 amide bonds. The van der Waals surface area contributed by atoms with Gasteiger partial charge >= 0.3 is 0 Å². The summed E-state index contributed by atoms with van der Waals surface area (Å²) in [4.78, 5) is 18.1. The van der Waals surface area contributed by atoms with Crippen LogP contribution in [0, 0.1) is 5.82 Å². The second-order valence-electron chi connectivity index (χ2n) is 7.43. The Labute approximate surface area is 176 Å². The lowest BCUT2D eigenvalue weighted by Crippen LogP contribution is -2.23. The minimum atomic E-state index is -0.445. The van der Waals surface area contributed by atoms with Crippen molar-refractivity contribution in [2.45, 2.75) is 55.5 Å².